The Morgan fingerprint density at radius 3 is 2.14 bits per heavy atom. The van der Waals surface area contributed by atoms with Crippen LogP contribution in [0.25, 0.3) is 0 Å². The molecule has 22 heavy (non-hydrogen) atoms. The van der Waals surface area contributed by atoms with Gasteiger partial charge in [0.25, 0.3) is 5.91 Å². The van der Waals surface area contributed by atoms with E-state index >= 15 is 0 Å². The van der Waals surface area contributed by atoms with Gasteiger partial charge < -0.3 is 14.5 Å². The van der Waals surface area contributed by atoms with Crippen molar-refractivity contribution >= 4 is 12.0 Å². The maximum Gasteiger partial charge on any atom is 0.409 e. The molecule has 0 saturated carbocycles. The zero-order valence-corrected chi connectivity index (χ0v) is 13.5. The summed E-state index contributed by atoms with van der Waals surface area (Å²) in [4.78, 5) is 27.3. The molecule has 5 heteroatoms. The molecule has 1 aliphatic rings. The van der Waals surface area contributed by atoms with Crippen LogP contribution in [-0.4, -0.2) is 55.1 Å². The standard InChI is InChI=1S/C17H24N2O3/c1-4-13(2)14-5-7-15(8-6-14)16(20)18-9-11-19(12-10-18)17(21)22-3/h5-8,13H,4,9-12H2,1-3H3. The van der Waals surface area contributed by atoms with Crippen LogP contribution in [-0.2, 0) is 4.74 Å². The molecule has 1 saturated heterocycles. The zero-order chi connectivity index (χ0) is 16.1. The Morgan fingerprint density at radius 1 is 1.09 bits per heavy atom. The van der Waals surface area contributed by atoms with Crippen molar-refractivity contribution in [3.8, 4) is 0 Å². The first-order valence-electron chi connectivity index (χ1n) is 7.79. The third-order valence-electron chi connectivity index (χ3n) is 4.34. The van der Waals surface area contributed by atoms with Gasteiger partial charge in [-0.1, -0.05) is 26.0 Å². The summed E-state index contributed by atoms with van der Waals surface area (Å²) >= 11 is 0. The predicted octanol–water partition coefficient (Wildman–Crippen LogP) is 2.72. The number of carbonyl (C=O) groups excluding carboxylic acids is 2. The van der Waals surface area contributed by atoms with E-state index in [2.05, 4.69) is 13.8 Å². The third-order valence-corrected chi connectivity index (χ3v) is 4.34. The first kappa shape index (κ1) is 16.3. The number of benzene rings is 1. The van der Waals surface area contributed by atoms with Gasteiger partial charge in [-0.05, 0) is 30.0 Å². The summed E-state index contributed by atoms with van der Waals surface area (Å²) in [5, 5.41) is 0. The second kappa shape index (κ2) is 7.29. The summed E-state index contributed by atoms with van der Waals surface area (Å²) < 4.78 is 4.70. The van der Waals surface area contributed by atoms with E-state index in [1.54, 1.807) is 9.80 Å². The molecule has 2 rings (SSSR count). The van der Waals surface area contributed by atoms with Crippen LogP contribution in [0.2, 0.25) is 0 Å². The van der Waals surface area contributed by atoms with E-state index in [1.165, 1.54) is 12.7 Å². The van der Waals surface area contributed by atoms with E-state index in [0.29, 0.717) is 37.7 Å². The molecule has 2 amide bonds. The number of amides is 2. The van der Waals surface area contributed by atoms with Crippen molar-refractivity contribution in [1.29, 1.82) is 0 Å². The summed E-state index contributed by atoms with van der Waals surface area (Å²) in [6.45, 7) is 6.46. The Morgan fingerprint density at radius 2 is 1.64 bits per heavy atom. The first-order chi connectivity index (χ1) is 10.6. The molecule has 5 nitrogen and oxygen atoms in total. The number of hydrogen-bond donors (Lipinski definition) is 0. The van der Waals surface area contributed by atoms with Crippen molar-refractivity contribution in [3.05, 3.63) is 35.4 Å². The fraction of sp³-hybridized carbons (Fsp3) is 0.529. The highest BCUT2D eigenvalue weighted by atomic mass is 16.5. The van der Waals surface area contributed by atoms with Gasteiger partial charge in [-0.2, -0.15) is 0 Å². The van der Waals surface area contributed by atoms with Crippen LogP contribution < -0.4 is 0 Å². The molecule has 1 aromatic carbocycles. The number of nitrogens with zero attached hydrogens (tertiary/aromatic N) is 2. The molecule has 1 aliphatic heterocycles. The van der Waals surface area contributed by atoms with Crippen LogP contribution >= 0.6 is 0 Å². The monoisotopic (exact) mass is 304 g/mol. The molecule has 1 unspecified atom stereocenters. The lowest BCUT2D eigenvalue weighted by Crippen LogP contribution is -2.50. The molecule has 120 valence electrons. The lowest BCUT2D eigenvalue weighted by Gasteiger charge is -2.33. The van der Waals surface area contributed by atoms with Gasteiger partial charge in [-0.25, -0.2) is 4.79 Å². The number of rotatable bonds is 3. The van der Waals surface area contributed by atoms with E-state index in [1.807, 2.05) is 24.3 Å². The van der Waals surface area contributed by atoms with Crippen molar-refractivity contribution in [3.63, 3.8) is 0 Å². The van der Waals surface area contributed by atoms with Crippen LogP contribution in [0.3, 0.4) is 0 Å². The minimum atomic E-state index is -0.329. The van der Waals surface area contributed by atoms with Gasteiger partial charge in [0.15, 0.2) is 0 Å². The molecule has 0 bridgehead atoms. The average Bonchev–Trinajstić information content (AvgIpc) is 2.60. The van der Waals surface area contributed by atoms with Gasteiger partial charge in [0.1, 0.15) is 0 Å². The van der Waals surface area contributed by atoms with E-state index < -0.39 is 0 Å². The van der Waals surface area contributed by atoms with Crippen molar-refractivity contribution in [2.24, 2.45) is 0 Å². The highest BCUT2D eigenvalue weighted by Crippen LogP contribution is 2.19. The van der Waals surface area contributed by atoms with E-state index in [9.17, 15) is 9.59 Å². The minimum Gasteiger partial charge on any atom is -0.453 e. The molecule has 0 spiro atoms. The van der Waals surface area contributed by atoms with Gasteiger partial charge in [-0.15, -0.1) is 0 Å². The lowest BCUT2D eigenvalue weighted by molar-refractivity contribution is 0.0599. The summed E-state index contributed by atoms with van der Waals surface area (Å²) in [5.41, 5.74) is 1.97. The Hall–Kier alpha value is -2.04. The van der Waals surface area contributed by atoms with Crippen LogP contribution in [0.5, 0.6) is 0 Å². The van der Waals surface area contributed by atoms with Crippen molar-refractivity contribution < 1.29 is 14.3 Å². The van der Waals surface area contributed by atoms with Crippen LogP contribution in [0.1, 0.15) is 42.1 Å². The first-order valence-corrected chi connectivity index (χ1v) is 7.79. The third kappa shape index (κ3) is 3.59. The fourth-order valence-corrected chi connectivity index (χ4v) is 2.59. The van der Waals surface area contributed by atoms with Gasteiger partial charge in [-0.3, -0.25) is 4.79 Å². The largest absolute Gasteiger partial charge is 0.453 e. The highest BCUT2D eigenvalue weighted by Gasteiger charge is 2.25. The highest BCUT2D eigenvalue weighted by molar-refractivity contribution is 5.94. The number of piperazine rings is 1. The molecular weight excluding hydrogens is 280 g/mol. The zero-order valence-electron chi connectivity index (χ0n) is 13.5. The molecule has 0 radical (unpaired) electrons. The minimum absolute atomic E-state index is 0.0280. The van der Waals surface area contributed by atoms with Gasteiger partial charge >= 0.3 is 6.09 Å². The molecule has 0 aromatic heterocycles. The Labute approximate surface area is 131 Å². The molecule has 1 aromatic rings. The second-order valence-electron chi connectivity index (χ2n) is 5.68. The summed E-state index contributed by atoms with van der Waals surface area (Å²) in [6.07, 6.45) is 0.757. The molecule has 1 fully saturated rings. The summed E-state index contributed by atoms with van der Waals surface area (Å²) in [5.74, 6) is 0.535. The van der Waals surface area contributed by atoms with Crippen LogP contribution in [0, 0.1) is 0 Å². The van der Waals surface area contributed by atoms with Crippen LogP contribution in [0.4, 0.5) is 4.79 Å². The smallest absolute Gasteiger partial charge is 0.409 e. The maximum atomic E-state index is 12.5. The predicted molar refractivity (Wildman–Crippen MR) is 85.0 cm³/mol. The number of hydrogen-bond acceptors (Lipinski definition) is 3. The summed E-state index contributed by atoms with van der Waals surface area (Å²) in [7, 11) is 1.37. The second-order valence-corrected chi connectivity index (χ2v) is 5.68. The summed E-state index contributed by atoms with van der Waals surface area (Å²) in [6, 6.07) is 7.87. The number of methoxy groups -OCH3 is 1. The molecular formula is C17H24N2O3. The van der Waals surface area contributed by atoms with Gasteiger partial charge in [0, 0.05) is 31.7 Å². The molecule has 0 N–H and O–H groups in total. The topological polar surface area (TPSA) is 49.9 Å². The van der Waals surface area contributed by atoms with E-state index in [-0.39, 0.29) is 12.0 Å². The lowest BCUT2D eigenvalue weighted by atomic mass is 9.97. The van der Waals surface area contributed by atoms with Crippen molar-refractivity contribution in [2.75, 3.05) is 33.3 Å². The number of carbonyl (C=O) groups is 2. The Balaban J connectivity index is 1.96. The van der Waals surface area contributed by atoms with Crippen molar-refractivity contribution in [1.82, 2.24) is 9.80 Å². The van der Waals surface area contributed by atoms with E-state index in [0.717, 1.165) is 6.42 Å². The Kier molecular flexibility index (Phi) is 5.41. The van der Waals surface area contributed by atoms with Gasteiger partial charge in [0.05, 0.1) is 7.11 Å². The van der Waals surface area contributed by atoms with Gasteiger partial charge in [0.2, 0.25) is 0 Å². The molecule has 1 atom stereocenters. The quantitative estimate of drug-likeness (QED) is 0.862. The van der Waals surface area contributed by atoms with Crippen LogP contribution in [0.15, 0.2) is 24.3 Å². The maximum absolute atomic E-state index is 12.5. The molecule has 1 heterocycles. The SMILES string of the molecule is CCC(C)c1ccc(C(=O)N2CCN(C(=O)OC)CC2)cc1. The number of ether oxygens (including phenoxy) is 1. The average molecular weight is 304 g/mol. The normalized spacial score (nSPS) is 16.3. The van der Waals surface area contributed by atoms with Crippen molar-refractivity contribution in [2.45, 2.75) is 26.2 Å². The fourth-order valence-electron chi connectivity index (χ4n) is 2.59. The van der Waals surface area contributed by atoms with E-state index in [4.69, 9.17) is 4.74 Å². The Bertz CT molecular complexity index is 519. The molecule has 0 aliphatic carbocycles.